The number of hydrogen-bond donors (Lipinski definition) is 2. The Balaban J connectivity index is 1.57. The fourth-order valence-electron chi connectivity index (χ4n) is 2.66. The second-order valence-corrected chi connectivity index (χ2v) is 6.32. The molecule has 132 valence electrons. The van der Waals surface area contributed by atoms with Crippen LogP contribution in [0.25, 0.3) is 11.3 Å². The first-order valence-corrected chi connectivity index (χ1v) is 8.73. The van der Waals surface area contributed by atoms with Gasteiger partial charge in [0.2, 0.25) is 5.95 Å². The molecular formula is C20H21N5O. The number of methoxy groups -OCH3 is 1. The lowest BCUT2D eigenvalue weighted by molar-refractivity contribution is 0.414. The van der Waals surface area contributed by atoms with Crippen molar-refractivity contribution in [3.8, 4) is 17.0 Å². The largest absolute Gasteiger partial charge is 0.497 e. The van der Waals surface area contributed by atoms with Crippen LogP contribution in [0, 0.1) is 0 Å². The van der Waals surface area contributed by atoms with Crippen molar-refractivity contribution in [3.05, 3.63) is 60.4 Å². The number of aromatic nitrogens is 3. The maximum absolute atomic E-state index is 5.28. The molecule has 1 aromatic carbocycles. The van der Waals surface area contributed by atoms with E-state index in [1.54, 1.807) is 19.5 Å². The minimum Gasteiger partial charge on any atom is -0.497 e. The third-order valence-electron chi connectivity index (χ3n) is 4.22. The number of rotatable bonds is 7. The summed E-state index contributed by atoms with van der Waals surface area (Å²) in [7, 11) is 1.67. The molecule has 1 aliphatic rings. The first kappa shape index (κ1) is 16.3. The van der Waals surface area contributed by atoms with Gasteiger partial charge >= 0.3 is 0 Å². The summed E-state index contributed by atoms with van der Waals surface area (Å²) in [4.78, 5) is 13.4. The zero-order valence-electron chi connectivity index (χ0n) is 14.6. The molecule has 0 atom stereocenters. The Morgan fingerprint density at radius 3 is 2.69 bits per heavy atom. The van der Waals surface area contributed by atoms with Gasteiger partial charge in [0.15, 0.2) is 0 Å². The normalized spacial score (nSPS) is 13.3. The molecule has 1 saturated carbocycles. The highest BCUT2D eigenvalue weighted by Gasteiger charge is 2.22. The van der Waals surface area contributed by atoms with Gasteiger partial charge in [0.1, 0.15) is 11.6 Å². The molecule has 2 N–H and O–H groups in total. The van der Waals surface area contributed by atoms with Gasteiger partial charge in [-0.2, -0.15) is 4.98 Å². The van der Waals surface area contributed by atoms with Crippen molar-refractivity contribution < 1.29 is 4.74 Å². The number of hydrogen-bond acceptors (Lipinski definition) is 6. The Labute approximate surface area is 152 Å². The van der Waals surface area contributed by atoms with Crippen LogP contribution in [-0.2, 0) is 6.54 Å². The number of ether oxygens (including phenoxy) is 1. The van der Waals surface area contributed by atoms with Gasteiger partial charge in [-0.3, -0.25) is 4.98 Å². The highest BCUT2D eigenvalue weighted by molar-refractivity contribution is 5.64. The molecule has 1 fully saturated rings. The fourth-order valence-corrected chi connectivity index (χ4v) is 2.66. The lowest BCUT2D eigenvalue weighted by Gasteiger charge is -2.11. The van der Waals surface area contributed by atoms with Gasteiger partial charge in [-0.15, -0.1) is 0 Å². The lowest BCUT2D eigenvalue weighted by atomic mass is 10.2. The molecule has 0 bridgehead atoms. The van der Waals surface area contributed by atoms with E-state index < -0.39 is 0 Å². The first-order valence-electron chi connectivity index (χ1n) is 8.73. The van der Waals surface area contributed by atoms with Gasteiger partial charge < -0.3 is 15.4 Å². The van der Waals surface area contributed by atoms with Crippen LogP contribution in [0.2, 0.25) is 0 Å². The monoisotopic (exact) mass is 347 g/mol. The average Bonchev–Trinajstić information content (AvgIpc) is 3.51. The van der Waals surface area contributed by atoms with E-state index in [2.05, 4.69) is 31.7 Å². The van der Waals surface area contributed by atoms with Gasteiger partial charge in [-0.1, -0.05) is 12.1 Å². The Morgan fingerprint density at radius 1 is 1.08 bits per heavy atom. The highest BCUT2D eigenvalue weighted by Crippen LogP contribution is 2.26. The van der Waals surface area contributed by atoms with Crippen LogP contribution in [0.3, 0.4) is 0 Å². The number of pyridine rings is 1. The van der Waals surface area contributed by atoms with E-state index in [1.165, 1.54) is 12.8 Å². The number of benzene rings is 1. The third kappa shape index (κ3) is 4.08. The Bertz CT molecular complexity index is 880. The molecule has 0 unspecified atom stereocenters. The van der Waals surface area contributed by atoms with Crippen molar-refractivity contribution >= 4 is 11.8 Å². The van der Waals surface area contributed by atoms with Crippen molar-refractivity contribution in [2.24, 2.45) is 0 Å². The number of anilines is 2. The molecule has 26 heavy (non-hydrogen) atoms. The maximum Gasteiger partial charge on any atom is 0.225 e. The SMILES string of the molecule is COc1cccc(CNc2cc(-c3ccncc3)nc(NC3CC3)n2)c1. The molecule has 0 saturated heterocycles. The quantitative estimate of drug-likeness (QED) is 0.678. The van der Waals surface area contributed by atoms with Crippen molar-refractivity contribution in [2.45, 2.75) is 25.4 Å². The fraction of sp³-hybridized carbons (Fsp3) is 0.250. The summed E-state index contributed by atoms with van der Waals surface area (Å²) in [6, 6.07) is 14.4. The number of nitrogens with zero attached hydrogens (tertiary/aromatic N) is 3. The smallest absolute Gasteiger partial charge is 0.225 e. The Kier molecular flexibility index (Phi) is 4.64. The summed E-state index contributed by atoms with van der Waals surface area (Å²) in [5.74, 6) is 2.30. The minimum absolute atomic E-state index is 0.494. The van der Waals surface area contributed by atoms with E-state index in [4.69, 9.17) is 4.74 Å². The van der Waals surface area contributed by atoms with E-state index in [9.17, 15) is 0 Å². The van der Waals surface area contributed by atoms with Gasteiger partial charge in [0, 0.05) is 36.6 Å². The van der Waals surface area contributed by atoms with Crippen molar-refractivity contribution in [1.82, 2.24) is 15.0 Å². The topological polar surface area (TPSA) is 72.0 Å². The van der Waals surface area contributed by atoms with Crippen LogP contribution in [0.15, 0.2) is 54.9 Å². The van der Waals surface area contributed by atoms with Gasteiger partial charge in [0.05, 0.1) is 12.8 Å². The summed E-state index contributed by atoms with van der Waals surface area (Å²) < 4.78 is 5.28. The van der Waals surface area contributed by atoms with E-state index >= 15 is 0 Å². The van der Waals surface area contributed by atoms with Crippen LogP contribution < -0.4 is 15.4 Å². The minimum atomic E-state index is 0.494. The Morgan fingerprint density at radius 2 is 1.92 bits per heavy atom. The molecule has 3 aromatic rings. The van der Waals surface area contributed by atoms with Crippen molar-refractivity contribution in [1.29, 1.82) is 0 Å². The number of nitrogens with one attached hydrogen (secondary N) is 2. The third-order valence-corrected chi connectivity index (χ3v) is 4.22. The van der Waals surface area contributed by atoms with Crippen molar-refractivity contribution in [3.63, 3.8) is 0 Å². The second kappa shape index (κ2) is 7.39. The van der Waals surface area contributed by atoms with Gasteiger partial charge in [0.25, 0.3) is 0 Å². The van der Waals surface area contributed by atoms with E-state index in [0.29, 0.717) is 18.5 Å². The molecule has 0 radical (unpaired) electrons. The molecule has 6 nitrogen and oxygen atoms in total. The molecule has 0 spiro atoms. The van der Waals surface area contributed by atoms with Crippen LogP contribution in [0.1, 0.15) is 18.4 Å². The molecule has 4 rings (SSSR count). The standard InChI is InChI=1S/C20H21N5O/c1-26-17-4-2-3-14(11-17)13-22-19-12-18(15-7-9-21-10-8-15)24-20(25-19)23-16-5-6-16/h2-4,7-12,16H,5-6,13H2,1H3,(H2,22,23,24,25). The van der Waals surface area contributed by atoms with Crippen LogP contribution >= 0.6 is 0 Å². The van der Waals surface area contributed by atoms with E-state index in [0.717, 1.165) is 28.4 Å². The van der Waals surface area contributed by atoms with Crippen molar-refractivity contribution in [2.75, 3.05) is 17.7 Å². The first-order chi connectivity index (χ1) is 12.8. The molecule has 1 aliphatic carbocycles. The van der Waals surface area contributed by atoms with Gasteiger partial charge in [-0.25, -0.2) is 4.98 Å². The Hall–Kier alpha value is -3.15. The second-order valence-electron chi connectivity index (χ2n) is 6.32. The zero-order valence-corrected chi connectivity index (χ0v) is 14.6. The van der Waals surface area contributed by atoms with Gasteiger partial charge in [-0.05, 0) is 42.7 Å². The van der Waals surface area contributed by atoms with Crippen LogP contribution in [-0.4, -0.2) is 28.1 Å². The summed E-state index contributed by atoms with van der Waals surface area (Å²) in [5.41, 5.74) is 3.02. The highest BCUT2D eigenvalue weighted by atomic mass is 16.5. The lowest BCUT2D eigenvalue weighted by Crippen LogP contribution is -2.09. The van der Waals surface area contributed by atoms with Crippen LogP contribution in [0.4, 0.5) is 11.8 Å². The predicted molar refractivity (Wildman–Crippen MR) is 102 cm³/mol. The summed E-state index contributed by atoms with van der Waals surface area (Å²) in [5, 5.41) is 6.78. The zero-order chi connectivity index (χ0) is 17.8. The molecule has 6 heteroatoms. The summed E-state index contributed by atoms with van der Waals surface area (Å²) >= 11 is 0. The molecular weight excluding hydrogens is 326 g/mol. The molecule has 0 aliphatic heterocycles. The van der Waals surface area contributed by atoms with Crippen LogP contribution in [0.5, 0.6) is 5.75 Å². The molecule has 0 amide bonds. The summed E-state index contributed by atoms with van der Waals surface area (Å²) in [6.45, 7) is 0.660. The van der Waals surface area contributed by atoms with E-state index in [1.807, 2.05) is 36.4 Å². The van der Waals surface area contributed by atoms with E-state index in [-0.39, 0.29) is 0 Å². The predicted octanol–water partition coefficient (Wildman–Crippen LogP) is 3.73. The molecule has 2 aromatic heterocycles. The average molecular weight is 347 g/mol. The summed E-state index contributed by atoms with van der Waals surface area (Å²) in [6.07, 6.45) is 5.90. The maximum atomic E-state index is 5.28. The molecule has 2 heterocycles.